The normalized spacial score (nSPS) is 24.3. The number of ether oxygens (including phenoxy) is 1. The molecule has 1 aromatic rings. The molecule has 0 aromatic carbocycles. The Labute approximate surface area is 93.1 Å². The lowest BCUT2D eigenvalue weighted by atomic mass is 10.0. The highest BCUT2D eigenvalue weighted by atomic mass is 35.5. The van der Waals surface area contributed by atoms with Crippen LogP contribution >= 0.6 is 11.6 Å². The second kappa shape index (κ2) is 3.98. The maximum absolute atomic E-state index is 5.58. The molecule has 1 aliphatic heterocycles. The Balaban J connectivity index is 1.92. The van der Waals surface area contributed by atoms with Crippen molar-refractivity contribution in [2.24, 2.45) is 0 Å². The topological polar surface area (TPSA) is 60.2 Å². The van der Waals surface area contributed by atoms with Crippen molar-refractivity contribution < 1.29 is 9.15 Å². The third kappa shape index (κ3) is 2.60. The van der Waals surface area contributed by atoms with Gasteiger partial charge < -0.3 is 14.5 Å². The molecule has 1 N–H and O–H groups in total. The maximum atomic E-state index is 5.58. The Morgan fingerprint density at radius 1 is 1.53 bits per heavy atom. The molecular formula is C9H14ClN3O2. The molecule has 1 unspecified atom stereocenters. The zero-order valence-electron chi connectivity index (χ0n) is 8.79. The van der Waals surface area contributed by atoms with Crippen LogP contribution in [0.3, 0.4) is 0 Å². The fraction of sp³-hybridized carbons (Fsp3) is 0.778. The first-order valence-corrected chi connectivity index (χ1v) is 5.41. The zero-order valence-corrected chi connectivity index (χ0v) is 9.54. The predicted molar refractivity (Wildman–Crippen MR) is 55.9 cm³/mol. The van der Waals surface area contributed by atoms with E-state index in [9.17, 15) is 0 Å². The van der Waals surface area contributed by atoms with E-state index in [4.69, 9.17) is 20.8 Å². The SMILES string of the molecule is CC1(C)CC(Nc2nnc(CCl)o2)CO1. The Morgan fingerprint density at radius 3 is 2.87 bits per heavy atom. The fourth-order valence-electron chi connectivity index (χ4n) is 1.67. The Bertz CT molecular complexity index is 340. The molecule has 1 fully saturated rings. The van der Waals surface area contributed by atoms with Crippen LogP contribution in [0.25, 0.3) is 0 Å². The van der Waals surface area contributed by atoms with Crippen LogP contribution < -0.4 is 5.32 Å². The standard InChI is InChI=1S/C9H14ClN3O2/c1-9(2)3-6(5-14-9)11-8-13-12-7(4-10)15-8/h6H,3-5H2,1-2H3,(H,11,13). The van der Waals surface area contributed by atoms with Crippen LogP contribution in [0.1, 0.15) is 26.2 Å². The maximum Gasteiger partial charge on any atom is 0.315 e. The number of nitrogens with one attached hydrogen (secondary N) is 1. The summed E-state index contributed by atoms with van der Waals surface area (Å²) in [6, 6.07) is 0.639. The number of rotatable bonds is 3. The number of hydrogen-bond acceptors (Lipinski definition) is 5. The van der Waals surface area contributed by atoms with Gasteiger partial charge in [-0.25, -0.2) is 0 Å². The van der Waals surface area contributed by atoms with Gasteiger partial charge in [-0.2, -0.15) is 0 Å². The summed E-state index contributed by atoms with van der Waals surface area (Å²) >= 11 is 5.55. The molecule has 2 heterocycles. The van der Waals surface area contributed by atoms with Crippen molar-refractivity contribution >= 4 is 17.6 Å². The van der Waals surface area contributed by atoms with E-state index < -0.39 is 0 Å². The number of aromatic nitrogens is 2. The smallest absolute Gasteiger partial charge is 0.315 e. The van der Waals surface area contributed by atoms with E-state index in [1.54, 1.807) is 0 Å². The van der Waals surface area contributed by atoms with Gasteiger partial charge in [0, 0.05) is 0 Å². The van der Waals surface area contributed by atoms with Crippen LogP contribution in [0.15, 0.2) is 4.42 Å². The van der Waals surface area contributed by atoms with E-state index in [1.807, 2.05) is 0 Å². The molecule has 0 aliphatic carbocycles. The van der Waals surface area contributed by atoms with E-state index in [1.165, 1.54) is 0 Å². The summed E-state index contributed by atoms with van der Waals surface area (Å²) in [7, 11) is 0. The third-order valence-corrected chi connectivity index (χ3v) is 2.55. The zero-order chi connectivity index (χ0) is 10.9. The molecule has 1 aromatic heterocycles. The van der Waals surface area contributed by atoms with Gasteiger partial charge >= 0.3 is 6.01 Å². The summed E-state index contributed by atoms with van der Waals surface area (Å²) in [5.74, 6) is 0.666. The monoisotopic (exact) mass is 231 g/mol. The predicted octanol–water partition coefficient (Wildman–Crippen LogP) is 1.79. The van der Waals surface area contributed by atoms with Gasteiger partial charge in [0.25, 0.3) is 0 Å². The largest absolute Gasteiger partial charge is 0.407 e. The molecule has 6 heteroatoms. The van der Waals surface area contributed by atoms with Crippen molar-refractivity contribution in [3.63, 3.8) is 0 Å². The molecule has 0 bridgehead atoms. The van der Waals surface area contributed by atoms with Gasteiger partial charge in [0.15, 0.2) is 0 Å². The van der Waals surface area contributed by atoms with Crippen LogP contribution in [0.4, 0.5) is 6.01 Å². The van der Waals surface area contributed by atoms with Gasteiger partial charge in [0.2, 0.25) is 5.89 Å². The van der Waals surface area contributed by atoms with Gasteiger partial charge in [0.05, 0.1) is 18.2 Å². The summed E-state index contributed by atoms with van der Waals surface area (Å²) in [5.41, 5.74) is -0.0764. The molecule has 0 radical (unpaired) electrons. The van der Waals surface area contributed by atoms with E-state index in [0.717, 1.165) is 6.42 Å². The van der Waals surface area contributed by atoms with E-state index >= 15 is 0 Å². The molecule has 2 rings (SSSR count). The second-order valence-electron chi connectivity index (χ2n) is 4.25. The van der Waals surface area contributed by atoms with Crippen molar-refractivity contribution in [2.75, 3.05) is 11.9 Å². The summed E-state index contributed by atoms with van der Waals surface area (Å²) in [6.45, 7) is 4.78. The van der Waals surface area contributed by atoms with Gasteiger partial charge in [-0.05, 0) is 20.3 Å². The molecule has 0 saturated carbocycles. The minimum atomic E-state index is -0.0764. The number of anilines is 1. The summed E-state index contributed by atoms with van der Waals surface area (Å²) in [5, 5.41) is 10.7. The van der Waals surface area contributed by atoms with Gasteiger partial charge in [-0.3, -0.25) is 0 Å². The van der Waals surface area contributed by atoms with Crippen LogP contribution in [0.2, 0.25) is 0 Å². The van der Waals surface area contributed by atoms with Crippen molar-refractivity contribution in [1.29, 1.82) is 0 Å². The molecular weight excluding hydrogens is 218 g/mol. The van der Waals surface area contributed by atoms with Gasteiger partial charge in [-0.1, -0.05) is 5.10 Å². The van der Waals surface area contributed by atoms with Crippen molar-refractivity contribution in [3.05, 3.63) is 5.89 Å². The molecule has 1 aliphatic rings. The van der Waals surface area contributed by atoms with E-state index in [2.05, 4.69) is 29.4 Å². The minimum absolute atomic E-state index is 0.0764. The highest BCUT2D eigenvalue weighted by Crippen LogP contribution is 2.26. The summed E-state index contributed by atoms with van der Waals surface area (Å²) in [4.78, 5) is 0. The molecule has 0 amide bonds. The first-order valence-electron chi connectivity index (χ1n) is 4.88. The molecule has 1 saturated heterocycles. The van der Waals surface area contributed by atoms with Crippen LogP contribution in [-0.4, -0.2) is 28.4 Å². The lowest BCUT2D eigenvalue weighted by Gasteiger charge is -2.15. The minimum Gasteiger partial charge on any atom is -0.407 e. The molecule has 0 spiro atoms. The quantitative estimate of drug-likeness (QED) is 0.804. The number of alkyl halides is 1. The lowest BCUT2D eigenvalue weighted by Crippen LogP contribution is -2.22. The Hall–Kier alpha value is -0.810. The number of halogens is 1. The van der Waals surface area contributed by atoms with Crippen molar-refractivity contribution in [1.82, 2.24) is 10.2 Å². The Kier molecular flexibility index (Phi) is 2.84. The fourth-order valence-corrected chi connectivity index (χ4v) is 1.78. The highest BCUT2D eigenvalue weighted by Gasteiger charge is 2.32. The third-order valence-electron chi connectivity index (χ3n) is 2.32. The first kappa shape index (κ1) is 10.7. The average Bonchev–Trinajstić information content (AvgIpc) is 2.73. The first-order chi connectivity index (χ1) is 7.09. The van der Waals surface area contributed by atoms with E-state index in [0.29, 0.717) is 18.5 Å². The number of nitrogens with zero attached hydrogens (tertiary/aromatic N) is 2. The van der Waals surface area contributed by atoms with Gasteiger partial charge in [-0.15, -0.1) is 16.7 Å². The lowest BCUT2D eigenvalue weighted by molar-refractivity contribution is 0.0363. The summed E-state index contributed by atoms with van der Waals surface area (Å²) < 4.78 is 10.8. The van der Waals surface area contributed by atoms with Crippen molar-refractivity contribution in [2.45, 2.75) is 37.8 Å². The average molecular weight is 232 g/mol. The summed E-state index contributed by atoms with van der Waals surface area (Å²) in [6.07, 6.45) is 0.922. The number of hydrogen-bond donors (Lipinski definition) is 1. The highest BCUT2D eigenvalue weighted by molar-refractivity contribution is 6.16. The van der Waals surface area contributed by atoms with Crippen molar-refractivity contribution in [3.8, 4) is 0 Å². The molecule has 5 nitrogen and oxygen atoms in total. The van der Waals surface area contributed by atoms with Gasteiger partial charge in [0.1, 0.15) is 5.88 Å². The van der Waals surface area contributed by atoms with Crippen LogP contribution in [-0.2, 0) is 10.6 Å². The molecule has 1 atom stereocenters. The Morgan fingerprint density at radius 2 is 2.33 bits per heavy atom. The van der Waals surface area contributed by atoms with Crippen LogP contribution in [0.5, 0.6) is 0 Å². The second-order valence-corrected chi connectivity index (χ2v) is 4.52. The molecule has 84 valence electrons. The van der Waals surface area contributed by atoms with Crippen LogP contribution in [0, 0.1) is 0 Å². The molecule has 15 heavy (non-hydrogen) atoms. The van der Waals surface area contributed by atoms with E-state index in [-0.39, 0.29) is 17.5 Å².